The van der Waals surface area contributed by atoms with Gasteiger partial charge in [-0.15, -0.1) is 11.3 Å². The second-order valence-corrected chi connectivity index (χ2v) is 8.67. The van der Waals surface area contributed by atoms with Gasteiger partial charge in [0.15, 0.2) is 0 Å². The minimum absolute atomic E-state index is 0.0381. The smallest absolute Gasteiger partial charge is 0.332 e. The molecule has 158 valence electrons. The number of nitrogen functional groups attached to an aromatic ring is 1. The summed E-state index contributed by atoms with van der Waals surface area (Å²) in [7, 11) is 0. The monoisotopic (exact) mass is 437 g/mol. The Bertz CT molecular complexity index is 1470. The predicted octanol–water partition coefficient (Wildman–Crippen LogP) is 2.75. The van der Waals surface area contributed by atoms with Crippen LogP contribution >= 0.6 is 11.3 Å². The van der Waals surface area contributed by atoms with Crippen molar-refractivity contribution in [3.63, 3.8) is 0 Å². The van der Waals surface area contributed by atoms with E-state index in [-0.39, 0.29) is 5.92 Å². The van der Waals surface area contributed by atoms with Gasteiger partial charge in [-0.25, -0.2) is 9.18 Å². The second kappa shape index (κ2) is 7.14. The molecule has 1 aliphatic rings. The quantitative estimate of drug-likeness (QED) is 0.477. The highest BCUT2D eigenvalue weighted by atomic mass is 32.1. The molecule has 1 saturated carbocycles. The maximum Gasteiger partial charge on any atom is 0.354 e. The standard InChI is InChI=1S/C22H20FN5O2S/c1-11-18(13-7-17(31-10-13)16-4-2-3-14(8-24)26-16)15(23)9-27-20(11)19(12-5-6-12)21(29)28(25)22(27)30/h2-4,7,9-10,12H,5-6,8,24-25H2,1H3. The number of pyridine rings is 2. The molecule has 0 aliphatic heterocycles. The lowest BCUT2D eigenvalue weighted by atomic mass is 9.99. The van der Waals surface area contributed by atoms with Crippen LogP contribution in [-0.2, 0) is 6.54 Å². The third-order valence-corrected chi connectivity index (χ3v) is 6.66. The summed E-state index contributed by atoms with van der Waals surface area (Å²) in [5.74, 6) is 5.17. The lowest BCUT2D eigenvalue weighted by Gasteiger charge is -2.15. The molecule has 0 unspecified atom stereocenters. The van der Waals surface area contributed by atoms with Crippen LogP contribution in [0.1, 0.15) is 35.6 Å². The van der Waals surface area contributed by atoms with Gasteiger partial charge in [-0.2, -0.15) is 4.68 Å². The normalized spacial score (nSPS) is 13.8. The average molecular weight is 438 g/mol. The lowest BCUT2D eigenvalue weighted by molar-refractivity contribution is 0.616. The number of aryl methyl sites for hydroxylation is 1. The van der Waals surface area contributed by atoms with E-state index in [1.165, 1.54) is 11.3 Å². The van der Waals surface area contributed by atoms with Gasteiger partial charge in [0, 0.05) is 17.7 Å². The summed E-state index contributed by atoms with van der Waals surface area (Å²) in [5, 5.41) is 1.85. The highest BCUT2D eigenvalue weighted by molar-refractivity contribution is 7.14. The Morgan fingerprint density at radius 1 is 1.29 bits per heavy atom. The molecule has 0 amide bonds. The number of nitrogens with two attached hydrogens (primary N) is 2. The van der Waals surface area contributed by atoms with E-state index in [0.29, 0.717) is 39.0 Å². The number of hydrogen-bond acceptors (Lipinski definition) is 6. The Hall–Kier alpha value is -3.30. The van der Waals surface area contributed by atoms with Crippen molar-refractivity contribution < 1.29 is 4.39 Å². The molecule has 5 rings (SSSR count). The minimum atomic E-state index is -0.758. The zero-order valence-electron chi connectivity index (χ0n) is 16.8. The van der Waals surface area contributed by atoms with Crippen LogP contribution in [0.2, 0.25) is 0 Å². The van der Waals surface area contributed by atoms with Crippen molar-refractivity contribution in [1.82, 2.24) is 14.1 Å². The van der Waals surface area contributed by atoms with Crippen LogP contribution in [0.3, 0.4) is 0 Å². The largest absolute Gasteiger partial charge is 0.354 e. The van der Waals surface area contributed by atoms with Gasteiger partial charge < -0.3 is 11.6 Å². The van der Waals surface area contributed by atoms with E-state index in [1.807, 2.05) is 29.6 Å². The van der Waals surface area contributed by atoms with Gasteiger partial charge in [0.1, 0.15) is 5.82 Å². The van der Waals surface area contributed by atoms with Gasteiger partial charge in [0.25, 0.3) is 5.56 Å². The number of rotatable bonds is 4. The molecule has 1 fully saturated rings. The molecule has 1 aliphatic carbocycles. The summed E-state index contributed by atoms with van der Waals surface area (Å²) in [6.07, 6.45) is 2.82. The van der Waals surface area contributed by atoms with Gasteiger partial charge in [-0.3, -0.25) is 14.2 Å². The van der Waals surface area contributed by atoms with E-state index in [2.05, 4.69) is 4.98 Å². The third-order valence-electron chi connectivity index (χ3n) is 5.71. The number of aromatic nitrogens is 3. The fourth-order valence-corrected chi connectivity index (χ4v) is 4.93. The van der Waals surface area contributed by atoms with Crippen LogP contribution in [0.15, 0.2) is 45.4 Å². The molecule has 0 bridgehead atoms. The highest BCUT2D eigenvalue weighted by Crippen LogP contribution is 2.42. The van der Waals surface area contributed by atoms with Crippen LogP contribution in [0, 0.1) is 12.7 Å². The molecule has 0 radical (unpaired) electrons. The first-order valence-corrected chi connectivity index (χ1v) is 10.8. The van der Waals surface area contributed by atoms with E-state index in [4.69, 9.17) is 11.6 Å². The number of nitrogens with zero attached hydrogens (tertiary/aromatic N) is 3. The number of fused-ring (bicyclic) bond motifs is 1. The summed E-state index contributed by atoms with van der Waals surface area (Å²) in [6, 6.07) is 7.49. The summed E-state index contributed by atoms with van der Waals surface area (Å²) in [6.45, 7) is 2.08. The molecule has 0 aromatic carbocycles. The molecule has 4 aromatic heterocycles. The number of halogens is 1. The Morgan fingerprint density at radius 2 is 2.06 bits per heavy atom. The van der Waals surface area contributed by atoms with Crippen molar-refractivity contribution in [1.29, 1.82) is 0 Å². The number of hydrogen-bond donors (Lipinski definition) is 2. The first-order chi connectivity index (χ1) is 14.9. The second-order valence-electron chi connectivity index (χ2n) is 7.76. The summed E-state index contributed by atoms with van der Waals surface area (Å²) in [4.78, 5) is 30.7. The highest BCUT2D eigenvalue weighted by Gasteiger charge is 2.32. The van der Waals surface area contributed by atoms with Crippen LogP contribution in [0.25, 0.3) is 27.2 Å². The van der Waals surface area contributed by atoms with Crippen molar-refractivity contribution in [2.75, 3.05) is 5.84 Å². The van der Waals surface area contributed by atoms with Crippen molar-refractivity contribution >= 4 is 16.9 Å². The lowest BCUT2D eigenvalue weighted by Crippen LogP contribution is -2.44. The van der Waals surface area contributed by atoms with Crippen molar-refractivity contribution in [3.05, 3.63) is 79.3 Å². The van der Waals surface area contributed by atoms with E-state index in [0.717, 1.165) is 39.7 Å². The van der Waals surface area contributed by atoms with Crippen LogP contribution in [0.4, 0.5) is 4.39 Å². The molecule has 4 heterocycles. The van der Waals surface area contributed by atoms with E-state index < -0.39 is 17.1 Å². The van der Waals surface area contributed by atoms with Crippen molar-refractivity contribution in [2.45, 2.75) is 32.2 Å². The fraction of sp³-hybridized carbons (Fsp3) is 0.227. The van der Waals surface area contributed by atoms with Gasteiger partial charge in [0.05, 0.1) is 28.0 Å². The molecule has 9 heteroatoms. The van der Waals surface area contributed by atoms with Crippen molar-refractivity contribution in [3.8, 4) is 21.7 Å². The van der Waals surface area contributed by atoms with Crippen LogP contribution in [0.5, 0.6) is 0 Å². The first kappa shape index (κ1) is 19.7. The van der Waals surface area contributed by atoms with Crippen LogP contribution < -0.4 is 22.8 Å². The Kier molecular flexibility index (Phi) is 4.53. The summed E-state index contributed by atoms with van der Waals surface area (Å²) < 4.78 is 17.0. The topological polar surface area (TPSA) is 108 Å². The summed E-state index contributed by atoms with van der Waals surface area (Å²) in [5.41, 5.74) is 8.47. The van der Waals surface area contributed by atoms with Gasteiger partial charge >= 0.3 is 5.69 Å². The zero-order chi connectivity index (χ0) is 21.9. The molecule has 4 N–H and O–H groups in total. The SMILES string of the molecule is Cc1c(-c2csc(-c3cccc(CN)n3)c2)c(F)cn2c(=O)n(N)c(=O)c(C3CC3)c12. The molecule has 7 nitrogen and oxygen atoms in total. The molecule has 31 heavy (non-hydrogen) atoms. The molecule has 0 spiro atoms. The van der Waals surface area contributed by atoms with Gasteiger partial charge in [-0.1, -0.05) is 6.07 Å². The maximum atomic E-state index is 15.2. The zero-order valence-corrected chi connectivity index (χ0v) is 17.6. The Morgan fingerprint density at radius 3 is 2.77 bits per heavy atom. The number of thiophene rings is 1. The van der Waals surface area contributed by atoms with E-state index >= 15 is 4.39 Å². The molecular formula is C22H20FN5O2S. The summed E-state index contributed by atoms with van der Waals surface area (Å²) >= 11 is 1.45. The maximum absolute atomic E-state index is 15.2. The van der Waals surface area contributed by atoms with E-state index in [1.54, 1.807) is 6.92 Å². The molecule has 0 atom stereocenters. The van der Waals surface area contributed by atoms with Crippen molar-refractivity contribution in [2.24, 2.45) is 5.73 Å². The van der Waals surface area contributed by atoms with Gasteiger partial charge in [-0.05, 0) is 60.4 Å². The first-order valence-electron chi connectivity index (χ1n) is 9.91. The van der Waals surface area contributed by atoms with E-state index in [9.17, 15) is 9.59 Å². The van der Waals surface area contributed by atoms with Crippen LogP contribution in [-0.4, -0.2) is 14.1 Å². The predicted molar refractivity (Wildman–Crippen MR) is 119 cm³/mol. The minimum Gasteiger partial charge on any atom is -0.332 e. The average Bonchev–Trinajstić information content (AvgIpc) is 3.49. The molecule has 4 aromatic rings. The third kappa shape index (κ3) is 3.08. The Labute approximate surface area is 180 Å². The van der Waals surface area contributed by atoms with Gasteiger partial charge in [0.2, 0.25) is 0 Å². The molecular weight excluding hydrogens is 417 g/mol. The Balaban J connectivity index is 1.74. The molecule has 0 saturated heterocycles. The fourth-order valence-electron chi connectivity index (χ4n) is 4.06.